The van der Waals surface area contributed by atoms with Gasteiger partial charge in [-0.2, -0.15) is 0 Å². The summed E-state index contributed by atoms with van der Waals surface area (Å²) < 4.78 is 0. The molecule has 0 amide bonds. The number of unbranched alkanes of at least 4 members (excludes halogenated alkanes) is 1. The van der Waals surface area contributed by atoms with Crippen LogP contribution >= 0.6 is 0 Å². The maximum atomic E-state index is 5.71. The van der Waals surface area contributed by atoms with Crippen molar-refractivity contribution < 1.29 is 0 Å². The molecule has 3 nitrogen and oxygen atoms in total. The Labute approximate surface area is 101 Å². The highest BCUT2D eigenvalue weighted by molar-refractivity contribution is 4.76. The van der Waals surface area contributed by atoms with Crippen LogP contribution in [-0.4, -0.2) is 25.7 Å². The van der Waals surface area contributed by atoms with Crippen molar-refractivity contribution >= 4 is 0 Å². The minimum atomic E-state index is 0.649. The van der Waals surface area contributed by atoms with Crippen LogP contribution in [0.2, 0.25) is 0 Å². The van der Waals surface area contributed by atoms with Gasteiger partial charge in [0, 0.05) is 6.04 Å². The smallest absolute Gasteiger partial charge is 0.00955 e. The molecule has 0 aliphatic rings. The maximum Gasteiger partial charge on any atom is 0.00955 e. The zero-order valence-corrected chi connectivity index (χ0v) is 11.2. The zero-order valence-electron chi connectivity index (χ0n) is 11.2. The first kappa shape index (κ1) is 15.9. The summed E-state index contributed by atoms with van der Waals surface area (Å²) in [5, 5.41) is 3.61. The molecule has 0 radical (unpaired) electrons. The Balaban J connectivity index is 4.08. The molecule has 98 valence electrons. The molecule has 0 aliphatic heterocycles. The third-order valence-electron chi connectivity index (χ3n) is 3.20. The second-order valence-corrected chi connectivity index (χ2v) is 4.57. The van der Waals surface area contributed by atoms with Crippen LogP contribution in [0.15, 0.2) is 0 Å². The van der Waals surface area contributed by atoms with Gasteiger partial charge in [-0.1, -0.05) is 26.7 Å². The highest BCUT2D eigenvalue weighted by Gasteiger charge is 2.18. The maximum absolute atomic E-state index is 5.71. The van der Waals surface area contributed by atoms with E-state index < -0.39 is 0 Å². The average Bonchev–Trinajstić information content (AvgIpc) is 2.28. The SMILES string of the molecule is CCCC(NCC)C(CCN)CCCCN. The normalized spacial score (nSPS) is 15.0. The lowest BCUT2D eigenvalue weighted by atomic mass is 9.88. The summed E-state index contributed by atoms with van der Waals surface area (Å²) in [5.41, 5.74) is 11.3. The molecule has 2 unspecified atom stereocenters. The first-order valence-corrected chi connectivity index (χ1v) is 6.93. The lowest BCUT2D eigenvalue weighted by molar-refractivity contribution is 0.299. The molecule has 0 aromatic heterocycles. The van der Waals surface area contributed by atoms with Gasteiger partial charge in [0.15, 0.2) is 0 Å². The second kappa shape index (κ2) is 11.4. The van der Waals surface area contributed by atoms with Crippen molar-refractivity contribution in [3.05, 3.63) is 0 Å². The van der Waals surface area contributed by atoms with Gasteiger partial charge in [0.1, 0.15) is 0 Å². The lowest BCUT2D eigenvalue weighted by Gasteiger charge is -2.27. The fourth-order valence-electron chi connectivity index (χ4n) is 2.39. The fraction of sp³-hybridized carbons (Fsp3) is 1.00. The van der Waals surface area contributed by atoms with Crippen LogP contribution in [0.4, 0.5) is 0 Å². The number of nitrogens with two attached hydrogens (primary N) is 2. The molecule has 0 bridgehead atoms. The van der Waals surface area contributed by atoms with Crippen molar-refractivity contribution in [3.63, 3.8) is 0 Å². The summed E-state index contributed by atoms with van der Waals surface area (Å²) >= 11 is 0. The van der Waals surface area contributed by atoms with Gasteiger partial charge in [0.2, 0.25) is 0 Å². The topological polar surface area (TPSA) is 64.1 Å². The van der Waals surface area contributed by atoms with Crippen molar-refractivity contribution in [1.82, 2.24) is 5.32 Å². The van der Waals surface area contributed by atoms with E-state index in [2.05, 4.69) is 19.2 Å². The number of hydrogen-bond donors (Lipinski definition) is 3. The zero-order chi connectivity index (χ0) is 12.2. The van der Waals surface area contributed by atoms with Gasteiger partial charge < -0.3 is 16.8 Å². The van der Waals surface area contributed by atoms with Gasteiger partial charge in [0.25, 0.3) is 0 Å². The van der Waals surface area contributed by atoms with Gasteiger partial charge in [0.05, 0.1) is 0 Å². The highest BCUT2D eigenvalue weighted by Crippen LogP contribution is 2.20. The molecular formula is C13H31N3. The van der Waals surface area contributed by atoms with Crippen molar-refractivity contribution in [1.29, 1.82) is 0 Å². The molecule has 0 saturated heterocycles. The summed E-state index contributed by atoms with van der Waals surface area (Å²) in [7, 11) is 0. The molecular weight excluding hydrogens is 198 g/mol. The molecule has 0 heterocycles. The quantitative estimate of drug-likeness (QED) is 0.474. The summed E-state index contributed by atoms with van der Waals surface area (Å²) in [6.45, 7) is 7.11. The monoisotopic (exact) mass is 229 g/mol. The molecule has 5 N–H and O–H groups in total. The standard InChI is InChI=1S/C13H31N3/c1-3-7-13(16-4-2)12(9-11-15)8-5-6-10-14/h12-13,16H,3-11,14-15H2,1-2H3. The van der Waals surface area contributed by atoms with Crippen LogP contribution in [0.3, 0.4) is 0 Å². The van der Waals surface area contributed by atoms with Crippen LogP contribution in [-0.2, 0) is 0 Å². The van der Waals surface area contributed by atoms with Gasteiger partial charge >= 0.3 is 0 Å². The van der Waals surface area contributed by atoms with E-state index in [4.69, 9.17) is 11.5 Å². The fourth-order valence-corrected chi connectivity index (χ4v) is 2.39. The molecule has 0 aliphatic carbocycles. The Kier molecular flexibility index (Phi) is 11.3. The van der Waals surface area contributed by atoms with Crippen LogP contribution in [0.25, 0.3) is 0 Å². The molecule has 0 fully saturated rings. The molecule has 16 heavy (non-hydrogen) atoms. The Hall–Kier alpha value is -0.120. The van der Waals surface area contributed by atoms with E-state index in [0.29, 0.717) is 6.04 Å². The predicted octanol–water partition coefficient (Wildman–Crippen LogP) is 1.86. The van der Waals surface area contributed by atoms with Gasteiger partial charge in [-0.15, -0.1) is 0 Å². The van der Waals surface area contributed by atoms with Crippen LogP contribution < -0.4 is 16.8 Å². The van der Waals surface area contributed by atoms with E-state index in [-0.39, 0.29) is 0 Å². The van der Waals surface area contributed by atoms with E-state index in [1.165, 1.54) is 25.7 Å². The van der Waals surface area contributed by atoms with Gasteiger partial charge in [-0.25, -0.2) is 0 Å². The molecule has 0 saturated carbocycles. The van der Waals surface area contributed by atoms with E-state index in [9.17, 15) is 0 Å². The van der Waals surface area contributed by atoms with Crippen molar-refractivity contribution in [2.75, 3.05) is 19.6 Å². The Morgan fingerprint density at radius 2 is 1.69 bits per heavy atom. The third kappa shape index (κ3) is 7.20. The average molecular weight is 229 g/mol. The van der Waals surface area contributed by atoms with E-state index in [1.807, 2.05) is 0 Å². The number of rotatable bonds is 11. The number of nitrogens with one attached hydrogen (secondary N) is 1. The molecule has 2 atom stereocenters. The summed E-state index contributed by atoms with van der Waals surface area (Å²) in [6.07, 6.45) is 7.31. The second-order valence-electron chi connectivity index (χ2n) is 4.57. The minimum Gasteiger partial charge on any atom is -0.330 e. The molecule has 0 aromatic rings. The highest BCUT2D eigenvalue weighted by atomic mass is 14.9. The van der Waals surface area contributed by atoms with Crippen molar-refractivity contribution in [2.24, 2.45) is 17.4 Å². The Morgan fingerprint density at radius 1 is 0.938 bits per heavy atom. The van der Waals surface area contributed by atoms with Gasteiger partial charge in [-0.3, -0.25) is 0 Å². The molecule has 0 rings (SSSR count). The van der Waals surface area contributed by atoms with E-state index in [1.54, 1.807) is 0 Å². The first-order valence-electron chi connectivity index (χ1n) is 6.93. The predicted molar refractivity (Wildman–Crippen MR) is 72.4 cm³/mol. The molecule has 0 aromatic carbocycles. The largest absolute Gasteiger partial charge is 0.330 e. The first-order chi connectivity index (χ1) is 7.79. The van der Waals surface area contributed by atoms with Crippen LogP contribution in [0.5, 0.6) is 0 Å². The van der Waals surface area contributed by atoms with E-state index >= 15 is 0 Å². The van der Waals surface area contributed by atoms with Crippen LogP contribution in [0, 0.1) is 5.92 Å². The molecule has 0 spiro atoms. The summed E-state index contributed by atoms with van der Waals surface area (Å²) in [6, 6.07) is 0.649. The Morgan fingerprint density at radius 3 is 2.19 bits per heavy atom. The summed E-state index contributed by atoms with van der Waals surface area (Å²) in [5.74, 6) is 0.733. The molecule has 3 heteroatoms. The summed E-state index contributed by atoms with van der Waals surface area (Å²) in [4.78, 5) is 0. The van der Waals surface area contributed by atoms with Crippen molar-refractivity contribution in [2.45, 2.75) is 58.4 Å². The lowest BCUT2D eigenvalue weighted by Crippen LogP contribution is -2.37. The van der Waals surface area contributed by atoms with E-state index in [0.717, 1.165) is 38.4 Å². The Bertz CT molecular complexity index is 133. The number of hydrogen-bond acceptors (Lipinski definition) is 3. The van der Waals surface area contributed by atoms with Crippen LogP contribution in [0.1, 0.15) is 52.4 Å². The van der Waals surface area contributed by atoms with Crippen molar-refractivity contribution in [3.8, 4) is 0 Å². The minimum absolute atomic E-state index is 0.649. The van der Waals surface area contributed by atoms with Gasteiger partial charge in [-0.05, 0) is 51.2 Å². The third-order valence-corrected chi connectivity index (χ3v) is 3.20.